The van der Waals surface area contributed by atoms with Gasteiger partial charge in [0.15, 0.2) is 0 Å². The fraction of sp³-hybridized carbons (Fsp3) is 0.333. The van der Waals surface area contributed by atoms with Crippen LogP contribution in [0.15, 0.2) is 16.6 Å². The van der Waals surface area contributed by atoms with E-state index in [0.717, 1.165) is 5.56 Å². The average molecular weight is 248 g/mol. The van der Waals surface area contributed by atoms with E-state index in [1.54, 1.807) is 12.1 Å². The van der Waals surface area contributed by atoms with Crippen LogP contribution in [0.5, 0.6) is 0 Å². The zero-order valence-electron chi connectivity index (χ0n) is 7.31. The SMILES string of the molecule is CCc1cc(CON)cc(Br)c1F. The second-order valence-corrected chi connectivity index (χ2v) is 3.57. The molecule has 0 atom stereocenters. The van der Waals surface area contributed by atoms with Crippen molar-refractivity contribution in [3.8, 4) is 0 Å². The van der Waals surface area contributed by atoms with Crippen molar-refractivity contribution in [1.29, 1.82) is 0 Å². The largest absolute Gasteiger partial charge is 0.300 e. The maximum atomic E-state index is 13.3. The molecular formula is C9H11BrFNO. The smallest absolute Gasteiger partial charge is 0.140 e. The molecule has 1 aromatic rings. The van der Waals surface area contributed by atoms with Crippen molar-refractivity contribution in [2.45, 2.75) is 20.0 Å². The fourth-order valence-electron chi connectivity index (χ4n) is 1.15. The van der Waals surface area contributed by atoms with Crippen molar-refractivity contribution < 1.29 is 9.23 Å². The third-order valence-corrected chi connectivity index (χ3v) is 2.37. The first-order valence-corrected chi connectivity index (χ1v) is 4.76. The summed E-state index contributed by atoms with van der Waals surface area (Å²) >= 11 is 3.14. The summed E-state index contributed by atoms with van der Waals surface area (Å²) in [6.45, 7) is 2.20. The third kappa shape index (κ3) is 2.49. The Balaban J connectivity index is 3.06. The summed E-state index contributed by atoms with van der Waals surface area (Å²) in [5, 5.41) is 0. The van der Waals surface area contributed by atoms with Crippen LogP contribution in [-0.4, -0.2) is 0 Å². The normalized spacial score (nSPS) is 10.5. The van der Waals surface area contributed by atoms with E-state index in [1.807, 2.05) is 6.92 Å². The van der Waals surface area contributed by atoms with Crippen LogP contribution in [0.2, 0.25) is 0 Å². The minimum atomic E-state index is -0.205. The van der Waals surface area contributed by atoms with Gasteiger partial charge >= 0.3 is 0 Å². The van der Waals surface area contributed by atoms with Gasteiger partial charge in [-0.15, -0.1) is 0 Å². The van der Waals surface area contributed by atoms with Gasteiger partial charge in [0.1, 0.15) is 5.82 Å². The molecule has 2 nitrogen and oxygen atoms in total. The molecule has 13 heavy (non-hydrogen) atoms. The second kappa shape index (κ2) is 4.69. The Bertz CT molecular complexity index is 304. The Kier molecular flexibility index (Phi) is 3.84. The maximum absolute atomic E-state index is 13.3. The summed E-state index contributed by atoms with van der Waals surface area (Å²) in [5.74, 6) is 4.73. The zero-order valence-corrected chi connectivity index (χ0v) is 8.90. The first kappa shape index (κ1) is 10.6. The predicted molar refractivity (Wildman–Crippen MR) is 52.5 cm³/mol. The lowest BCUT2D eigenvalue weighted by Gasteiger charge is -2.06. The zero-order chi connectivity index (χ0) is 9.84. The van der Waals surface area contributed by atoms with Crippen LogP contribution in [0.3, 0.4) is 0 Å². The van der Waals surface area contributed by atoms with Gasteiger partial charge in [-0.2, -0.15) is 0 Å². The minimum Gasteiger partial charge on any atom is -0.300 e. The molecule has 0 aliphatic carbocycles. The molecule has 72 valence electrons. The molecule has 0 heterocycles. The average Bonchev–Trinajstić information content (AvgIpc) is 2.11. The lowest BCUT2D eigenvalue weighted by atomic mass is 10.1. The van der Waals surface area contributed by atoms with Gasteiger partial charge in [0.05, 0.1) is 11.1 Å². The molecule has 0 aliphatic rings. The quantitative estimate of drug-likeness (QED) is 0.834. The van der Waals surface area contributed by atoms with Crippen LogP contribution < -0.4 is 5.90 Å². The lowest BCUT2D eigenvalue weighted by molar-refractivity contribution is 0.124. The van der Waals surface area contributed by atoms with Gasteiger partial charge in [-0.1, -0.05) is 13.0 Å². The Labute approximate surface area is 85.0 Å². The molecule has 0 aliphatic heterocycles. The van der Waals surface area contributed by atoms with Gasteiger partial charge in [0.2, 0.25) is 0 Å². The Morgan fingerprint density at radius 3 is 2.77 bits per heavy atom. The molecule has 4 heteroatoms. The highest BCUT2D eigenvalue weighted by atomic mass is 79.9. The molecule has 0 saturated carbocycles. The summed E-state index contributed by atoms with van der Waals surface area (Å²) in [6.07, 6.45) is 0.656. The van der Waals surface area contributed by atoms with Crippen molar-refractivity contribution in [3.05, 3.63) is 33.5 Å². The van der Waals surface area contributed by atoms with Crippen molar-refractivity contribution in [3.63, 3.8) is 0 Å². The Morgan fingerprint density at radius 1 is 1.54 bits per heavy atom. The second-order valence-electron chi connectivity index (χ2n) is 2.72. The van der Waals surface area contributed by atoms with Crippen LogP contribution >= 0.6 is 15.9 Å². The molecule has 2 N–H and O–H groups in total. The molecule has 0 saturated heterocycles. The number of benzene rings is 1. The number of halogens is 2. The summed E-state index contributed by atoms with van der Waals surface area (Å²) in [4.78, 5) is 4.48. The first-order valence-electron chi connectivity index (χ1n) is 3.97. The number of hydrogen-bond donors (Lipinski definition) is 1. The highest BCUT2D eigenvalue weighted by Gasteiger charge is 2.07. The van der Waals surface area contributed by atoms with Crippen LogP contribution in [0, 0.1) is 5.82 Å². The highest BCUT2D eigenvalue weighted by Crippen LogP contribution is 2.22. The maximum Gasteiger partial charge on any atom is 0.140 e. The molecule has 0 amide bonds. The van der Waals surface area contributed by atoms with E-state index in [-0.39, 0.29) is 5.82 Å². The van der Waals surface area contributed by atoms with Crippen LogP contribution in [0.4, 0.5) is 4.39 Å². The van der Waals surface area contributed by atoms with Crippen molar-refractivity contribution >= 4 is 15.9 Å². The molecule has 0 aromatic heterocycles. The third-order valence-electron chi connectivity index (χ3n) is 1.79. The van der Waals surface area contributed by atoms with E-state index < -0.39 is 0 Å². The summed E-state index contributed by atoms with van der Waals surface area (Å²) in [7, 11) is 0. The van der Waals surface area contributed by atoms with E-state index in [0.29, 0.717) is 23.1 Å². The predicted octanol–water partition coefficient (Wildman–Crippen LogP) is 2.54. The number of nitrogens with two attached hydrogens (primary N) is 1. The van der Waals surface area contributed by atoms with Gasteiger partial charge in [-0.05, 0) is 39.5 Å². The van der Waals surface area contributed by atoms with Gasteiger partial charge in [0.25, 0.3) is 0 Å². The molecule has 0 spiro atoms. The van der Waals surface area contributed by atoms with Crippen LogP contribution in [-0.2, 0) is 17.9 Å². The van der Waals surface area contributed by atoms with Gasteiger partial charge in [-0.3, -0.25) is 4.84 Å². The van der Waals surface area contributed by atoms with Gasteiger partial charge in [-0.25, -0.2) is 10.3 Å². The minimum absolute atomic E-state index is 0.205. The number of hydrogen-bond acceptors (Lipinski definition) is 2. The molecule has 0 unspecified atom stereocenters. The molecule has 1 aromatic carbocycles. The topological polar surface area (TPSA) is 35.2 Å². The summed E-state index contributed by atoms with van der Waals surface area (Å²) in [5.41, 5.74) is 1.54. The molecule has 1 rings (SSSR count). The first-order chi connectivity index (χ1) is 6.19. The number of rotatable bonds is 3. The summed E-state index contributed by atoms with van der Waals surface area (Å²) < 4.78 is 13.8. The van der Waals surface area contributed by atoms with E-state index >= 15 is 0 Å². The van der Waals surface area contributed by atoms with Crippen molar-refractivity contribution in [2.75, 3.05) is 0 Å². The van der Waals surface area contributed by atoms with E-state index in [4.69, 9.17) is 5.90 Å². The monoisotopic (exact) mass is 247 g/mol. The van der Waals surface area contributed by atoms with E-state index in [9.17, 15) is 4.39 Å². The highest BCUT2D eigenvalue weighted by molar-refractivity contribution is 9.10. The standard InChI is InChI=1S/C9H11BrFNO/c1-2-7-3-6(5-13-12)4-8(10)9(7)11/h3-4H,2,5,12H2,1H3. The molecule has 0 bridgehead atoms. The van der Waals surface area contributed by atoms with Gasteiger partial charge in [0, 0.05) is 0 Å². The lowest BCUT2D eigenvalue weighted by Crippen LogP contribution is -2.01. The molecule has 0 fully saturated rings. The van der Waals surface area contributed by atoms with Crippen molar-refractivity contribution in [2.24, 2.45) is 5.90 Å². The van der Waals surface area contributed by atoms with Crippen LogP contribution in [0.25, 0.3) is 0 Å². The van der Waals surface area contributed by atoms with Crippen LogP contribution in [0.1, 0.15) is 18.1 Å². The van der Waals surface area contributed by atoms with Crippen molar-refractivity contribution in [1.82, 2.24) is 0 Å². The van der Waals surface area contributed by atoms with E-state index in [1.165, 1.54) is 0 Å². The number of aryl methyl sites for hydroxylation is 1. The Hall–Kier alpha value is -0.450. The fourth-order valence-corrected chi connectivity index (χ4v) is 1.69. The molecular weight excluding hydrogens is 237 g/mol. The Morgan fingerprint density at radius 2 is 2.23 bits per heavy atom. The van der Waals surface area contributed by atoms with E-state index in [2.05, 4.69) is 20.8 Å². The summed E-state index contributed by atoms with van der Waals surface area (Å²) in [6, 6.07) is 3.42. The molecule has 0 radical (unpaired) electrons. The van der Waals surface area contributed by atoms with Gasteiger partial charge < -0.3 is 0 Å².